The monoisotopic (exact) mass is 369 g/mol. The van der Waals surface area contributed by atoms with E-state index in [1.54, 1.807) is 26.2 Å². The van der Waals surface area contributed by atoms with Crippen molar-refractivity contribution in [3.8, 4) is 0 Å². The number of allylic oxidation sites excluding steroid dienone is 4. The number of para-hydroxylation sites is 1. The quantitative estimate of drug-likeness (QED) is 0.610. The lowest BCUT2D eigenvalue weighted by atomic mass is 9.89. The second kappa shape index (κ2) is 6.34. The number of anilines is 1. The van der Waals surface area contributed by atoms with Crippen LogP contribution in [0.15, 0.2) is 39.4 Å². The molecule has 0 aromatic heterocycles. The smallest absolute Gasteiger partial charge is 0.377 e. The fourth-order valence-corrected chi connectivity index (χ4v) is 3.23. The third kappa shape index (κ3) is 3.39. The highest BCUT2D eigenvalue weighted by Gasteiger charge is 2.36. The van der Waals surface area contributed by atoms with Gasteiger partial charge < -0.3 is 4.90 Å². The molecule has 1 aliphatic carbocycles. The van der Waals surface area contributed by atoms with E-state index in [9.17, 15) is 13.2 Å². The average molecular weight is 371 g/mol. The second-order valence-corrected chi connectivity index (χ2v) is 6.42. The van der Waals surface area contributed by atoms with E-state index in [2.05, 4.69) is 0 Å². The largest absolute Gasteiger partial charge is 0.418 e. The summed E-state index contributed by atoms with van der Waals surface area (Å²) in [5.74, 6) is -0.359. The maximum Gasteiger partial charge on any atom is 0.418 e. The SMILES string of the molecule is CN(C)c1c(C2C=C(Cl)C(Cl)=C(Cl)C2)cccc1C(F)(F)F. The number of rotatable bonds is 2. The summed E-state index contributed by atoms with van der Waals surface area (Å²) in [6.45, 7) is 0. The Balaban J connectivity index is 2.58. The van der Waals surface area contributed by atoms with Crippen LogP contribution in [0.5, 0.6) is 0 Å². The summed E-state index contributed by atoms with van der Waals surface area (Å²) in [7, 11) is 3.15. The Hall–Kier alpha value is -0.840. The van der Waals surface area contributed by atoms with Crippen molar-refractivity contribution in [3.05, 3.63) is 50.5 Å². The molecule has 1 unspecified atom stereocenters. The number of nitrogens with zero attached hydrogens (tertiary/aromatic N) is 1. The van der Waals surface area contributed by atoms with Gasteiger partial charge in [0, 0.05) is 25.0 Å². The van der Waals surface area contributed by atoms with E-state index in [4.69, 9.17) is 34.8 Å². The van der Waals surface area contributed by atoms with E-state index in [0.717, 1.165) is 6.07 Å². The van der Waals surface area contributed by atoms with Crippen molar-refractivity contribution in [2.24, 2.45) is 0 Å². The van der Waals surface area contributed by atoms with Crippen LogP contribution in [-0.2, 0) is 6.18 Å². The van der Waals surface area contributed by atoms with Crippen molar-refractivity contribution in [2.45, 2.75) is 18.5 Å². The lowest BCUT2D eigenvalue weighted by Crippen LogP contribution is -2.20. The Morgan fingerprint density at radius 1 is 1.14 bits per heavy atom. The van der Waals surface area contributed by atoms with Crippen LogP contribution in [0.4, 0.5) is 18.9 Å². The molecule has 1 aromatic carbocycles. The highest BCUT2D eigenvalue weighted by atomic mass is 35.5. The predicted octanol–water partition coefficient (Wildman–Crippen LogP) is 6.07. The molecule has 0 bridgehead atoms. The Labute approximate surface area is 141 Å². The van der Waals surface area contributed by atoms with Gasteiger partial charge in [-0.15, -0.1) is 0 Å². The molecule has 0 heterocycles. The van der Waals surface area contributed by atoms with E-state index in [1.807, 2.05) is 0 Å². The minimum atomic E-state index is -4.44. The number of alkyl halides is 3. The maximum absolute atomic E-state index is 13.2. The Kier molecular flexibility index (Phi) is 5.05. The predicted molar refractivity (Wildman–Crippen MR) is 85.8 cm³/mol. The number of hydrogen-bond acceptors (Lipinski definition) is 1. The number of halogens is 6. The molecule has 22 heavy (non-hydrogen) atoms. The first kappa shape index (κ1) is 17.5. The van der Waals surface area contributed by atoms with Gasteiger partial charge in [0.05, 0.1) is 21.3 Å². The summed E-state index contributed by atoms with van der Waals surface area (Å²) in [6.07, 6.45) is -2.48. The Morgan fingerprint density at radius 2 is 1.77 bits per heavy atom. The minimum Gasteiger partial charge on any atom is -0.377 e. The molecule has 0 spiro atoms. The van der Waals surface area contributed by atoms with Crippen molar-refractivity contribution >= 4 is 40.5 Å². The average Bonchev–Trinajstić information content (AvgIpc) is 2.42. The zero-order valence-electron chi connectivity index (χ0n) is 11.8. The Morgan fingerprint density at radius 3 is 2.27 bits per heavy atom. The Bertz CT molecular complexity index is 648. The molecule has 1 aliphatic rings. The molecule has 2 rings (SSSR count). The van der Waals surface area contributed by atoms with Gasteiger partial charge in [-0.3, -0.25) is 0 Å². The van der Waals surface area contributed by atoms with Crippen molar-refractivity contribution in [3.63, 3.8) is 0 Å². The summed E-state index contributed by atoms with van der Waals surface area (Å²) >= 11 is 18.0. The van der Waals surface area contributed by atoms with Crippen LogP contribution in [-0.4, -0.2) is 14.1 Å². The summed E-state index contributed by atoms with van der Waals surface area (Å²) in [6, 6.07) is 4.11. The molecule has 7 heteroatoms. The van der Waals surface area contributed by atoms with Crippen LogP contribution in [0.2, 0.25) is 0 Å². The van der Waals surface area contributed by atoms with Crippen LogP contribution in [0.25, 0.3) is 0 Å². The zero-order chi connectivity index (χ0) is 16.7. The maximum atomic E-state index is 13.2. The van der Waals surface area contributed by atoms with E-state index in [1.165, 1.54) is 11.0 Å². The molecular weight excluding hydrogens is 358 g/mol. The van der Waals surface area contributed by atoms with Gasteiger partial charge in [0.1, 0.15) is 0 Å². The van der Waals surface area contributed by atoms with Crippen molar-refractivity contribution in [1.82, 2.24) is 0 Å². The van der Waals surface area contributed by atoms with Gasteiger partial charge in [-0.2, -0.15) is 13.2 Å². The molecule has 1 aromatic rings. The van der Waals surface area contributed by atoms with Crippen LogP contribution in [0.3, 0.4) is 0 Å². The van der Waals surface area contributed by atoms with Crippen molar-refractivity contribution in [2.75, 3.05) is 19.0 Å². The second-order valence-electron chi connectivity index (χ2n) is 5.18. The molecule has 120 valence electrons. The minimum absolute atomic E-state index is 0.114. The van der Waals surface area contributed by atoms with Gasteiger partial charge in [-0.25, -0.2) is 0 Å². The fraction of sp³-hybridized carbons (Fsp3) is 0.333. The lowest BCUT2D eigenvalue weighted by molar-refractivity contribution is -0.137. The van der Waals surface area contributed by atoms with Crippen molar-refractivity contribution < 1.29 is 13.2 Å². The highest BCUT2D eigenvalue weighted by molar-refractivity contribution is 6.48. The van der Waals surface area contributed by atoms with Crippen molar-refractivity contribution in [1.29, 1.82) is 0 Å². The molecule has 1 nitrogen and oxygen atoms in total. The normalized spacial score (nSPS) is 19.3. The zero-order valence-corrected chi connectivity index (χ0v) is 14.1. The summed E-state index contributed by atoms with van der Waals surface area (Å²) < 4.78 is 39.7. The summed E-state index contributed by atoms with van der Waals surface area (Å²) in [5, 5.41) is 0.851. The van der Waals surface area contributed by atoms with Gasteiger partial charge in [0.2, 0.25) is 0 Å². The van der Waals surface area contributed by atoms with Crippen LogP contribution < -0.4 is 4.90 Å². The first-order chi connectivity index (χ1) is 10.1. The third-order valence-corrected chi connectivity index (χ3v) is 4.70. The molecule has 0 fully saturated rings. The van der Waals surface area contributed by atoms with E-state index in [0.29, 0.717) is 17.0 Å². The fourth-order valence-electron chi connectivity index (χ4n) is 2.51. The molecule has 0 saturated heterocycles. The van der Waals surface area contributed by atoms with Gasteiger partial charge in [-0.05, 0) is 18.1 Å². The van der Waals surface area contributed by atoms with Crippen LogP contribution in [0, 0.1) is 0 Å². The van der Waals surface area contributed by atoms with Gasteiger partial charge in [-0.1, -0.05) is 53.0 Å². The molecule has 0 N–H and O–H groups in total. The first-order valence-corrected chi connectivity index (χ1v) is 7.55. The highest BCUT2D eigenvalue weighted by Crippen LogP contribution is 2.45. The third-order valence-electron chi connectivity index (χ3n) is 3.41. The summed E-state index contributed by atoms with van der Waals surface area (Å²) in [5.41, 5.74) is -0.0557. The lowest BCUT2D eigenvalue weighted by Gasteiger charge is -2.27. The van der Waals surface area contributed by atoms with Crippen LogP contribution in [0.1, 0.15) is 23.5 Å². The van der Waals surface area contributed by atoms with E-state index >= 15 is 0 Å². The van der Waals surface area contributed by atoms with Gasteiger partial charge >= 0.3 is 6.18 Å². The number of benzene rings is 1. The topological polar surface area (TPSA) is 3.24 Å². The molecule has 0 amide bonds. The molecule has 0 radical (unpaired) electrons. The molecule has 0 saturated carbocycles. The molecule has 0 aliphatic heterocycles. The summed E-state index contributed by atoms with van der Waals surface area (Å²) in [4.78, 5) is 1.45. The standard InChI is InChI=1S/C15H13Cl3F3N/c1-22(2)14-9(4-3-5-10(14)15(19,20)21)8-6-11(16)13(18)12(17)7-8/h3-6,8H,7H2,1-2H3. The molecular formula is C15H13Cl3F3N. The van der Waals surface area contributed by atoms with Crippen LogP contribution >= 0.6 is 34.8 Å². The van der Waals surface area contributed by atoms with E-state index < -0.39 is 11.7 Å². The van der Waals surface area contributed by atoms with Gasteiger partial charge in [0.15, 0.2) is 0 Å². The van der Waals surface area contributed by atoms with E-state index in [-0.39, 0.29) is 21.7 Å². The molecule has 1 atom stereocenters. The first-order valence-electron chi connectivity index (χ1n) is 6.42. The van der Waals surface area contributed by atoms with Gasteiger partial charge in [0.25, 0.3) is 0 Å². The number of hydrogen-bond donors (Lipinski definition) is 0.